The van der Waals surface area contributed by atoms with Crippen molar-refractivity contribution in [2.75, 3.05) is 0 Å². The fraction of sp³-hybridized carbons (Fsp3) is 0.667. The van der Waals surface area contributed by atoms with Crippen LogP contribution in [-0.2, 0) is 0 Å². The van der Waals surface area contributed by atoms with Crippen LogP contribution in [0.2, 0.25) is 0 Å². The van der Waals surface area contributed by atoms with Gasteiger partial charge >= 0.3 is 5.97 Å². The van der Waals surface area contributed by atoms with E-state index in [2.05, 4.69) is 5.10 Å². The summed E-state index contributed by atoms with van der Waals surface area (Å²) >= 11 is 0. The van der Waals surface area contributed by atoms with Crippen molar-refractivity contribution in [2.45, 2.75) is 52.0 Å². The summed E-state index contributed by atoms with van der Waals surface area (Å²) in [6.45, 7) is 3.63. The van der Waals surface area contributed by atoms with Crippen LogP contribution in [0.3, 0.4) is 0 Å². The second-order valence-corrected chi connectivity index (χ2v) is 4.59. The van der Waals surface area contributed by atoms with Crippen molar-refractivity contribution >= 4 is 5.97 Å². The molecular weight excluding hydrogens is 204 g/mol. The van der Waals surface area contributed by atoms with Gasteiger partial charge in [-0.05, 0) is 26.7 Å². The Bertz CT molecular complexity index is 403. The second kappa shape index (κ2) is 4.28. The number of carboxylic acids is 1. The third-order valence-electron chi connectivity index (χ3n) is 3.46. The van der Waals surface area contributed by atoms with Crippen molar-refractivity contribution in [3.05, 3.63) is 17.0 Å². The Kier molecular flexibility index (Phi) is 2.99. The predicted molar refractivity (Wildman–Crippen MR) is 60.8 cm³/mol. The van der Waals surface area contributed by atoms with E-state index in [0.717, 1.165) is 18.5 Å². The highest BCUT2D eigenvalue weighted by Crippen LogP contribution is 2.30. The van der Waals surface area contributed by atoms with E-state index in [4.69, 9.17) is 5.11 Å². The lowest BCUT2D eigenvalue weighted by Crippen LogP contribution is -2.15. The molecule has 1 aromatic heterocycles. The minimum Gasteiger partial charge on any atom is -0.478 e. The number of hydrogen-bond donors (Lipinski definition) is 1. The molecule has 0 spiro atoms. The molecule has 0 saturated heterocycles. The van der Waals surface area contributed by atoms with E-state index in [1.54, 1.807) is 6.92 Å². The highest BCUT2D eigenvalue weighted by atomic mass is 16.4. The average molecular weight is 222 g/mol. The summed E-state index contributed by atoms with van der Waals surface area (Å²) in [5.74, 6) is -0.864. The largest absolute Gasteiger partial charge is 0.478 e. The van der Waals surface area contributed by atoms with E-state index in [-0.39, 0.29) is 0 Å². The van der Waals surface area contributed by atoms with Crippen LogP contribution in [-0.4, -0.2) is 20.9 Å². The molecule has 1 fully saturated rings. The summed E-state index contributed by atoms with van der Waals surface area (Å²) < 4.78 is 1.93. The lowest BCUT2D eigenvalue weighted by molar-refractivity contribution is 0.0695. The van der Waals surface area contributed by atoms with Crippen LogP contribution in [0.15, 0.2) is 0 Å². The first-order valence-electron chi connectivity index (χ1n) is 5.90. The van der Waals surface area contributed by atoms with Crippen molar-refractivity contribution in [1.82, 2.24) is 9.78 Å². The molecule has 0 aliphatic heterocycles. The first-order valence-corrected chi connectivity index (χ1v) is 5.90. The van der Waals surface area contributed by atoms with Crippen molar-refractivity contribution in [2.24, 2.45) is 0 Å². The summed E-state index contributed by atoms with van der Waals surface area (Å²) in [7, 11) is 0. The molecule has 1 aliphatic carbocycles. The molecule has 1 aromatic rings. The van der Waals surface area contributed by atoms with E-state index >= 15 is 0 Å². The van der Waals surface area contributed by atoms with Gasteiger partial charge < -0.3 is 5.11 Å². The zero-order chi connectivity index (χ0) is 11.7. The summed E-state index contributed by atoms with van der Waals surface area (Å²) in [6.07, 6.45) is 6.00. The summed E-state index contributed by atoms with van der Waals surface area (Å²) in [5.41, 5.74) is 1.82. The van der Waals surface area contributed by atoms with Gasteiger partial charge in [-0.1, -0.05) is 19.3 Å². The van der Waals surface area contributed by atoms with Gasteiger partial charge in [0.05, 0.1) is 17.4 Å². The molecule has 1 heterocycles. The van der Waals surface area contributed by atoms with Gasteiger partial charge in [-0.2, -0.15) is 5.10 Å². The lowest BCUT2D eigenvalue weighted by Gasteiger charge is -2.23. The van der Waals surface area contributed by atoms with Crippen LogP contribution in [0.1, 0.15) is 59.9 Å². The second-order valence-electron chi connectivity index (χ2n) is 4.59. The summed E-state index contributed by atoms with van der Waals surface area (Å²) in [5, 5.41) is 13.5. The third kappa shape index (κ3) is 1.84. The van der Waals surface area contributed by atoms with E-state index in [1.807, 2.05) is 11.6 Å². The number of rotatable bonds is 2. The molecule has 4 nitrogen and oxygen atoms in total. The number of carboxylic acid groups (broad SMARTS) is 1. The maximum absolute atomic E-state index is 11.1. The van der Waals surface area contributed by atoms with E-state index < -0.39 is 5.97 Å². The minimum atomic E-state index is -0.864. The fourth-order valence-electron chi connectivity index (χ4n) is 2.65. The monoisotopic (exact) mass is 222 g/mol. The number of carbonyl (C=O) groups is 1. The van der Waals surface area contributed by atoms with Crippen molar-refractivity contribution < 1.29 is 9.90 Å². The molecule has 0 unspecified atom stereocenters. The Hall–Kier alpha value is -1.32. The minimum absolute atomic E-state index is 0.380. The van der Waals surface area contributed by atoms with Crippen LogP contribution in [0.5, 0.6) is 0 Å². The number of aromatic carboxylic acids is 1. The van der Waals surface area contributed by atoms with Gasteiger partial charge in [0, 0.05) is 0 Å². The number of aryl methyl sites for hydroxylation is 1. The van der Waals surface area contributed by atoms with Gasteiger partial charge in [0.15, 0.2) is 0 Å². The first kappa shape index (κ1) is 11.2. The topological polar surface area (TPSA) is 55.1 Å². The highest BCUT2D eigenvalue weighted by molar-refractivity contribution is 5.90. The molecule has 16 heavy (non-hydrogen) atoms. The van der Waals surface area contributed by atoms with Crippen LogP contribution >= 0.6 is 0 Å². The maximum Gasteiger partial charge on any atom is 0.339 e. The molecule has 0 amide bonds. The molecule has 1 saturated carbocycles. The van der Waals surface area contributed by atoms with Crippen LogP contribution < -0.4 is 0 Å². The zero-order valence-corrected chi connectivity index (χ0v) is 9.86. The number of hydrogen-bond acceptors (Lipinski definition) is 2. The molecule has 1 aliphatic rings. The van der Waals surface area contributed by atoms with Crippen LogP contribution in [0.4, 0.5) is 0 Å². The van der Waals surface area contributed by atoms with Gasteiger partial charge in [-0.3, -0.25) is 4.68 Å². The molecule has 0 aromatic carbocycles. The SMILES string of the molecule is Cc1nn(C2CCCCC2)c(C)c1C(=O)O. The van der Waals surface area contributed by atoms with Gasteiger partial charge in [0.2, 0.25) is 0 Å². The maximum atomic E-state index is 11.1. The first-order chi connectivity index (χ1) is 7.61. The number of aromatic nitrogens is 2. The molecule has 2 rings (SSSR count). The van der Waals surface area contributed by atoms with Gasteiger partial charge in [0.1, 0.15) is 5.56 Å². The summed E-state index contributed by atoms with van der Waals surface area (Å²) in [4.78, 5) is 11.1. The highest BCUT2D eigenvalue weighted by Gasteiger charge is 2.23. The zero-order valence-electron chi connectivity index (χ0n) is 9.86. The van der Waals surface area contributed by atoms with E-state index in [1.165, 1.54) is 19.3 Å². The quantitative estimate of drug-likeness (QED) is 0.837. The Balaban J connectivity index is 2.34. The van der Waals surface area contributed by atoms with Crippen molar-refractivity contribution in [3.63, 3.8) is 0 Å². The fourth-order valence-corrected chi connectivity index (χ4v) is 2.65. The van der Waals surface area contributed by atoms with Crippen molar-refractivity contribution in [1.29, 1.82) is 0 Å². The predicted octanol–water partition coefficient (Wildman–Crippen LogP) is 2.70. The van der Waals surface area contributed by atoms with Crippen molar-refractivity contribution in [3.8, 4) is 0 Å². The average Bonchev–Trinajstić information content (AvgIpc) is 2.55. The standard InChI is InChI=1S/C12H18N2O2/c1-8-11(12(15)16)9(2)14(13-8)10-6-4-3-5-7-10/h10H,3-7H2,1-2H3,(H,15,16). The molecule has 0 radical (unpaired) electrons. The normalized spacial score (nSPS) is 17.6. The van der Waals surface area contributed by atoms with Gasteiger partial charge in [-0.15, -0.1) is 0 Å². The molecule has 0 atom stereocenters. The molecule has 88 valence electrons. The Labute approximate surface area is 95.3 Å². The van der Waals surface area contributed by atoms with Gasteiger partial charge in [0.25, 0.3) is 0 Å². The lowest BCUT2D eigenvalue weighted by atomic mass is 9.95. The summed E-state index contributed by atoms with van der Waals surface area (Å²) in [6, 6.07) is 0.403. The molecule has 4 heteroatoms. The Morgan fingerprint density at radius 2 is 1.94 bits per heavy atom. The Morgan fingerprint density at radius 3 is 2.44 bits per heavy atom. The molecular formula is C12H18N2O2. The van der Waals surface area contributed by atoms with Gasteiger partial charge in [-0.25, -0.2) is 4.79 Å². The van der Waals surface area contributed by atoms with Crippen LogP contribution in [0, 0.1) is 13.8 Å². The van der Waals surface area contributed by atoms with E-state index in [0.29, 0.717) is 17.3 Å². The molecule has 0 bridgehead atoms. The molecule has 1 N–H and O–H groups in total. The number of nitrogens with zero attached hydrogens (tertiary/aromatic N) is 2. The van der Waals surface area contributed by atoms with E-state index in [9.17, 15) is 4.79 Å². The Morgan fingerprint density at radius 1 is 1.31 bits per heavy atom. The smallest absolute Gasteiger partial charge is 0.339 e. The third-order valence-corrected chi connectivity index (χ3v) is 3.46. The van der Waals surface area contributed by atoms with Crippen LogP contribution in [0.25, 0.3) is 0 Å².